The number of primary amides is 1. The maximum atomic E-state index is 12.2. The third-order valence-corrected chi connectivity index (χ3v) is 6.42. The SMILES string of the molecule is NC(=O)c1ccccc1-c1cc(-c2ccnc(/C=C/c3ccccc3)c2)[nH]c1C1CCNCC1. The Bertz CT molecular complexity index is 1320. The fourth-order valence-corrected chi connectivity index (χ4v) is 4.67. The zero-order chi connectivity index (χ0) is 23.3. The van der Waals surface area contributed by atoms with E-state index in [0.717, 1.165) is 59.6 Å². The third-order valence-electron chi connectivity index (χ3n) is 6.42. The van der Waals surface area contributed by atoms with Crippen LogP contribution >= 0.6 is 0 Å². The average Bonchev–Trinajstić information content (AvgIpc) is 3.34. The lowest BCUT2D eigenvalue weighted by Gasteiger charge is -2.23. The largest absolute Gasteiger partial charge is 0.366 e. The van der Waals surface area contributed by atoms with Crippen molar-refractivity contribution in [2.45, 2.75) is 18.8 Å². The van der Waals surface area contributed by atoms with Crippen molar-refractivity contribution < 1.29 is 4.79 Å². The Labute approximate surface area is 199 Å². The maximum absolute atomic E-state index is 12.2. The lowest BCUT2D eigenvalue weighted by atomic mass is 9.89. The Hall–Kier alpha value is -3.96. The molecule has 1 aliphatic rings. The molecular formula is C29H28N4O. The molecule has 0 radical (unpaired) electrons. The molecule has 1 saturated heterocycles. The number of carbonyl (C=O) groups excluding carboxylic acids is 1. The Morgan fingerprint density at radius 2 is 1.68 bits per heavy atom. The molecule has 34 heavy (non-hydrogen) atoms. The van der Waals surface area contributed by atoms with E-state index in [1.807, 2.05) is 54.7 Å². The molecule has 1 fully saturated rings. The fraction of sp³-hybridized carbons (Fsp3) is 0.172. The number of hydrogen-bond donors (Lipinski definition) is 3. The first kappa shape index (κ1) is 21.9. The molecule has 5 rings (SSSR count). The van der Waals surface area contributed by atoms with Gasteiger partial charge < -0.3 is 16.0 Å². The van der Waals surface area contributed by atoms with Crippen molar-refractivity contribution in [1.29, 1.82) is 0 Å². The smallest absolute Gasteiger partial charge is 0.249 e. The third kappa shape index (κ3) is 4.70. The van der Waals surface area contributed by atoms with Gasteiger partial charge in [-0.2, -0.15) is 0 Å². The highest BCUT2D eigenvalue weighted by molar-refractivity contribution is 6.00. The Morgan fingerprint density at radius 1 is 0.912 bits per heavy atom. The molecule has 0 atom stereocenters. The maximum Gasteiger partial charge on any atom is 0.249 e. The number of rotatable bonds is 6. The molecule has 5 nitrogen and oxygen atoms in total. The van der Waals surface area contributed by atoms with Crippen molar-refractivity contribution in [3.8, 4) is 22.4 Å². The number of piperidine rings is 1. The zero-order valence-corrected chi connectivity index (χ0v) is 19.0. The predicted molar refractivity (Wildman–Crippen MR) is 138 cm³/mol. The molecule has 2 aromatic carbocycles. The van der Waals surface area contributed by atoms with Crippen LogP contribution in [0.4, 0.5) is 0 Å². The van der Waals surface area contributed by atoms with Crippen LogP contribution in [0.5, 0.6) is 0 Å². The van der Waals surface area contributed by atoms with Crippen LogP contribution in [0.25, 0.3) is 34.5 Å². The molecule has 0 unspecified atom stereocenters. The highest BCUT2D eigenvalue weighted by atomic mass is 16.1. The normalized spacial score (nSPS) is 14.5. The standard InChI is InChI=1S/C29H28N4O/c30-29(34)25-9-5-4-8-24(25)26-19-27(33-28(26)21-12-15-31-16-13-21)22-14-17-32-23(18-22)11-10-20-6-2-1-3-7-20/h1-11,14,17-19,21,31,33H,12-13,15-16H2,(H2,30,34)/b11-10+. The summed E-state index contributed by atoms with van der Waals surface area (Å²) >= 11 is 0. The van der Waals surface area contributed by atoms with E-state index in [1.54, 1.807) is 6.07 Å². The van der Waals surface area contributed by atoms with E-state index in [1.165, 1.54) is 5.69 Å². The van der Waals surface area contributed by atoms with E-state index in [0.29, 0.717) is 11.5 Å². The van der Waals surface area contributed by atoms with Crippen LogP contribution in [0.15, 0.2) is 79.0 Å². The first-order valence-electron chi connectivity index (χ1n) is 11.7. The van der Waals surface area contributed by atoms with E-state index < -0.39 is 5.91 Å². The second-order valence-corrected chi connectivity index (χ2v) is 8.66. The van der Waals surface area contributed by atoms with Crippen molar-refractivity contribution >= 4 is 18.1 Å². The summed E-state index contributed by atoms with van der Waals surface area (Å²) in [5.41, 5.74) is 13.5. The molecule has 4 aromatic rings. The number of aromatic nitrogens is 2. The Kier molecular flexibility index (Phi) is 6.36. The summed E-state index contributed by atoms with van der Waals surface area (Å²) < 4.78 is 0. The van der Waals surface area contributed by atoms with Crippen LogP contribution in [0.2, 0.25) is 0 Å². The Morgan fingerprint density at radius 3 is 2.47 bits per heavy atom. The molecule has 5 heteroatoms. The quantitative estimate of drug-likeness (QED) is 0.365. The number of hydrogen-bond acceptors (Lipinski definition) is 3. The number of benzene rings is 2. The van der Waals surface area contributed by atoms with Gasteiger partial charge in [-0.05, 0) is 67.4 Å². The van der Waals surface area contributed by atoms with Crippen molar-refractivity contribution in [1.82, 2.24) is 15.3 Å². The number of pyridine rings is 1. The molecule has 1 aliphatic heterocycles. The lowest BCUT2D eigenvalue weighted by molar-refractivity contribution is 0.100. The number of nitrogens with one attached hydrogen (secondary N) is 2. The molecule has 4 N–H and O–H groups in total. The summed E-state index contributed by atoms with van der Waals surface area (Å²) in [4.78, 5) is 20.4. The highest BCUT2D eigenvalue weighted by Gasteiger charge is 2.24. The van der Waals surface area contributed by atoms with Gasteiger partial charge in [-0.3, -0.25) is 9.78 Å². The van der Waals surface area contributed by atoms with Crippen LogP contribution in [-0.2, 0) is 0 Å². The summed E-state index contributed by atoms with van der Waals surface area (Å²) in [5, 5.41) is 3.44. The Balaban J connectivity index is 1.56. The molecule has 2 aromatic heterocycles. The van der Waals surface area contributed by atoms with Gasteiger partial charge in [-0.1, -0.05) is 54.6 Å². The molecule has 0 bridgehead atoms. The van der Waals surface area contributed by atoms with Gasteiger partial charge in [-0.15, -0.1) is 0 Å². The molecule has 0 aliphatic carbocycles. The van der Waals surface area contributed by atoms with Crippen molar-refractivity contribution in [3.63, 3.8) is 0 Å². The molecular weight excluding hydrogens is 420 g/mol. The summed E-state index contributed by atoms with van der Waals surface area (Å²) in [5.74, 6) is -0.0166. The minimum Gasteiger partial charge on any atom is -0.366 e. The summed E-state index contributed by atoms with van der Waals surface area (Å²) in [6, 6.07) is 24.0. The van der Waals surface area contributed by atoms with E-state index >= 15 is 0 Å². The van der Waals surface area contributed by atoms with Crippen LogP contribution in [0.3, 0.4) is 0 Å². The fourth-order valence-electron chi connectivity index (χ4n) is 4.67. The first-order valence-corrected chi connectivity index (χ1v) is 11.7. The number of nitrogens with zero attached hydrogens (tertiary/aromatic N) is 1. The topological polar surface area (TPSA) is 83.8 Å². The lowest BCUT2D eigenvalue weighted by Crippen LogP contribution is -2.27. The van der Waals surface area contributed by atoms with Gasteiger partial charge in [0, 0.05) is 40.2 Å². The number of carbonyl (C=O) groups is 1. The minimum atomic E-state index is -0.410. The zero-order valence-electron chi connectivity index (χ0n) is 19.0. The van der Waals surface area contributed by atoms with Crippen LogP contribution in [0, 0.1) is 0 Å². The molecule has 1 amide bonds. The number of H-pyrrole nitrogens is 1. The van der Waals surface area contributed by atoms with E-state index in [-0.39, 0.29) is 0 Å². The molecule has 170 valence electrons. The first-order chi connectivity index (χ1) is 16.7. The molecule has 0 spiro atoms. The summed E-state index contributed by atoms with van der Waals surface area (Å²) in [6.45, 7) is 1.97. The highest BCUT2D eigenvalue weighted by Crippen LogP contribution is 2.38. The second-order valence-electron chi connectivity index (χ2n) is 8.66. The second kappa shape index (κ2) is 9.89. The number of nitrogens with two attached hydrogens (primary N) is 1. The van der Waals surface area contributed by atoms with Gasteiger partial charge in [0.2, 0.25) is 5.91 Å². The van der Waals surface area contributed by atoms with Crippen molar-refractivity contribution in [2.75, 3.05) is 13.1 Å². The van der Waals surface area contributed by atoms with Gasteiger partial charge in [0.1, 0.15) is 0 Å². The van der Waals surface area contributed by atoms with E-state index in [2.05, 4.69) is 45.6 Å². The van der Waals surface area contributed by atoms with Crippen LogP contribution in [-0.4, -0.2) is 29.0 Å². The monoisotopic (exact) mass is 448 g/mol. The predicted octanol–water partition coefficient (Wildman–Crippen LogP) is 5.48. The summed E-state index contributed by atoms with van der Waals surface area (Å²) in [7, 11) is 0. The average molecular weight is 449 g/mol. The molecule has 0 saturated carbocycles. The van der Waals surface area contributed by atoms with Crippen molar-refractivity contribution in [2.24, 2.45) is 5.73 Å². The van der Waals surface area contributed by atoms with Crippen molar-refractivity contribution in [3.05, 3.63) is 102 Å². The van der Waals surface area contributed by atoms with Gasteiger partial charge in [-0.25, -0.2) is 0 Å². The van der Waals surface area contributed by atoms with E-state index in [9.17, 15) is 4.79 Å². The van der Waals surface area contributed by atoms with Gasteiger partial charge in [0.25, 0.3) is 0 Å². The van der Waals surface area contributed by atoms with Gasteiger partial charge >= 0.3 is 0 Å². The molecule has 3 heterocycles. The summed E-state index contributed by atoms with van der Waals surface area (Å²) in [6.07, 6.45) is 8.02. The van der Waals surface area contributed by atoms with Crippen LogP contribution < -0.4 is 11.1 Å². The van der Waals surface area contributed by atoms with Gasteiger partial charge in [0.05, 0.1) is 5.69 Å². The van der Waals surface area contributed by atoms with Gasteiger partial charge in [0.15, 0.2) is 0 Å². The number of aromatic amines is 1. The van der Waals surface area contributed by atoms with E-state index in [4.69, 9.17) is 5.73 Å². The minimum absolute atomic E-state index is 0.394. The number of amides is 1. The van der Waals surface area contributed by atoms with Crippen LogP contribution in [0.1, 0.15) is 46.1 Å².